The van der Waals surface area contributed by atoms with Crippen LogP contribution in [0.3, 0.4) is 0 Å². The molecule has 1 N–H and O–H groups in total. The number of hydrogen-bond donors (Lipinski definition) is 1. The first-order valence-electron chi connectivity index (χ1n) is 6.77. The molecule has 5 nitrogen and oxygen atoms in total. The van der Waals surface area contributed by atoms with Gasteiger partial charge in [-0.05, 0) is 25.2 Å². The molecule has 5 heteroatoms. The number of anilines is 1. The van der Waals surface area contributed by atoms with Crippen molar-refractivity contribution >= 4 is 11.9 Å². The first-order chi connectivity index (χ1) is 8.95. The highest BCUT2D eigenvalue weighted by Crippen LogP contribution is 2.34. The van der Waals surface area contributed by atoms with E-state index in [9.17, 15) is 4.79 Å². The summed E-state index contributed by atoms with van der Waals surface area (Å²) in [6.45, 7) is 8.16. The third-order valence-corrected chi connectivity index (χ3v) is 4.30. The predicted octanol–water partition coefficient (Wildman–Crippen LogP) is 2.50. The van der Waals surface area contributed by atoms with E-state index in [2.05, 4.69) is 28.7 Å². The SMILES string of the molecule is CCC1(C)CCN(c2ncc(C(=O)O)c(C)n2)CC1. The fourth-order valence-corrected chi connectivity index (χ4v) is 2.42. The second-order valence-electron chi connectivity index (χ2n) is 5.63. The van der Waals surface area contributed by atoms with Gasteiger partial charge in [-0.25, -0.2) is 14.8 Å². The van der Waals surface area contributed by atoms with Crippen molar-refractivity contribution < 1.29 is 9.90 Å². The highest BCUT2D eigenvalue weighted by atomic mass is 16.4. The van der Waals surface area contributed by atoms with Gasteiger partial charge in [0.05, 0.1) is 11.3 Å². The summed E-state index contributed by atoms with van der Waals surface area (Å²) in [5.74, 6) is -0.318. The second-order valence-corrected chi connectivity index (χ2v) is 5.63. The Morgan fingerprint density at radius 1 is 1.47 bits per heavy atom. The molecule has 0 aromatic carbocycles. The molecule has 19 heavy (non-hydrogen) atoms. The molecule has 0 spiro atoms. The minimum Gasteiger partial charge on any atom is -0.478 e. The van der Waals surface area contributed by atoms with E-state index in [0.717, 1.165) is 25.9 Å². The quantitative estimate of drug-likeness (QED) is 0.907. The van der Waals surface area contributed by atoms with Gasteiger partial charge in [-0.15, -0.1) is 0 Å². The second kappa shape index (κ2) is 5.15. The zero-order chi connectivity index (χ0) is 14.0. The molecule has 0 radical (unpaired) electrons. The third-order valence-electron chi connectivity index (χ3n) is 4.30. The maximum Gasteiger partial charge on any atom is 0.339 e. The normalized spacial score (nSPS) is 18.4. The molecule has 1 aliphatic heterocycles. The van der Waals surface area contributed by atoms with E-state index in [0.29, 0.717) is 17.1 Å². The molecule has 0 aliphatic carbocycles. The Morgan fingerprint density at radius 2 is 2.11 bits per heavy atom. The zero-order valence-corrected chi connectivity index (χ0v) is 11.8. The Hall–Kier alpha value is -1.65. The summed E-state index contributed by atoms with van der Waals surface area (Å²) in [6, 6.07) is 0. The molecule has 104 valence electrons. The van der Waals surface area contributed by atoms with Gasteiger partial charge in [-0.2, -0.15) is 0 Å². The standard InChI is InChI=1S/C14H21N3O2/c1-4-14(3)5-7-17(8-6-14)13-15-9-11(12(18)19)10(2)16-13/h9H,4-8H2,1-3H3,(H,18,19). The monoisotopic (exact) mass is 263 g/mol. The van der Waals surface area contributed by atoms with Crippen molar-refractivity contribution in [1.29, 1.82) is 0 Å². The van der Waals surface area contributed by atoms with Crippen molar-refractivity contribution in [3.63, 3.8) is 0 Å². The van der Waals surface area contributed by atoms with Gasteiger partial charge in [0.15, 0.2) is 0 Å². The molecule has 1 aliphatic rings. The number of rotatable bonds is 3. The van der Waals surface area contributed by atoms with Crippen molar-refractivity contribution in [1.82, 2.24) is 9.97 Å². The van der Waals surface area contributed by atoms with E-state index in [4.69, 9.17) is 5.11 Å². The number of aromatic carboxylic acids is 1. The number of carboxylic acids is 1. The maximum absolute atomic E-state index is 10.9. The van der Waals surface area contributed by atoms with Crippen LogP contribution in [0.5, 0.6) is 0 Å². The third kappa shape index (κ3) is 2.85. The number of piperidine rings is 1. The molecular formula is C14H21N3O2. The van der Waals surface area contributed by atoms with Crippen LogP contribution in [-0.4, -0.2) is 34.1 Å². The van der Waals surface area contributed by atoms with Crippen LogP contribution in [0, 0.1) is 12.3 Å². The van der Waals surface area contributed by atoms with Crippen LogP contribution in [-0.2, 0) is 0 Å². The average Bonchev–Trinajstić information content (AvgIpc) is 2.39. The van der Waals surface area contributed by atoms with Gasteiger partial charge in [-0.3, -0.25) is 0 Å². The van der Waals surface area contributed by atoms with Crippen LogP contribution < -0.4 is 4.90 Å². The molecule has 2 rings (SSSR count). The first kappa shape index (κ1) is 13.8. The first-order valence-corrected chi connectivity index (χ1v) is 6.77. The van der Waals surface area contributed by atoms with E-state index in [1.54, 1.807) is 6.92 Å². The molecular weight excluding hydrogens is 242 g/mol. The fraction of sp³-hybridized carbons (Fsp3) is 0.643. The Labute approximate surface area is 113 Å². The van der Waals surface area contributed by atoms with Crippen molar-refractivity contribution in [2.24, 2.45) is 5.41 Å². The highest BCUT2D eigenvalue weighted by molar-refractivity contribution is 5.88. The summed E-state index contributed by atoms with van der Waals surface area (Å²) in [6.07, 6.45) is 4.87. The zero-order valence-electron chi connectivity index (χ0n) is 11.8. The summed E-state index contributed by atoms with van der Waals surface area (Å²) in [7, 11) is 0. The van der Waals surface area contributed by atoms with Gasteiger partial charge >= 0.3 is 5.97 Å². The summed E-state index contributed by atoms with van der Waals surface area (Å²) >= 11 is 0. The van der Waals surface area contributed by atoms with Crippen LogP contribution in [0.25, 0.3) is 0 Å². The van der Waals surface area contributed by atoms with Gasteiger partial charge in [0.2, 0.25) is 5.95 Å². The van der Waals surface area contributed by atoms with E-state index in [1.807, 2.05) is 0 Å². The number of aromatic nitrogens is 2. The van der Waals surface area contributed by atoms with E-state index in [-0.39, 0.29) is 5.56 Å². The Balaban J connectivity index is 2.12. The molecule has 1 aromatic heterocycles. The van der Waals surface area contributed by atoms with Crippen molar-refractivity contribution in [3.8, 4) is 0 Å². The summed E-state index contributed by atoms with van der Waals surface area (Å²) in [4.78, 5) is 21.6. The fourth-order valence-electron chi connectivity index (χ4n) is 2.42. The van der Waals surface area contributed by atoms with Crippen LogP contribution in [0.1, 0.15) is 49.2 Å². The van der Waals surface area contributed by atoms with Crippen LogP contribution in [0.2, 0.25) is 0 Å². The molecule has 0 amide bonds. The number of carbonyl (C=O) groups is 1. The molecule has 0 saturated carbocycles. The molecule has 0 bridgehead atoms. The molecule has 1 fully saturated rings. The topological polar surface area (TPSA) is 66.3 Å². The van der Waals surface area contributed by atoms with Crippen molar-refractivity contribution in [2.75, 3.05) is 18.0 Å². The lowest BCUT2D eigenvalue weighted by atomic mass is 9.78. The van der Waals surface area contributed by atoms with E-state index < -0.39 is 5.97 Å². The number of aryl methyl sites for hydroxylation is 1. The lowest BCUT2D eigenvalue weighted by molar-refractivity contribution is 0.0695. The smallest absolute Gasteiger partial charge is 0.339 e. The average molecular weight is 263 g/mol. The Kier molecular flexibility index (Phi) is 3.73. The molecule has 2 heterocycles. The number of carboxylic acid groups (broad SMARTS) is 1. The largest absolute Gasteiger partial charge is 0.478 e. The number of nitrogens with zero attached hydrogens (tertiary/aromatic N) is 3. The maximum atomic E-state index is 10.9. The highest BCUT2D eigenvalue weighted by Gasteiger charge is 2.29. The summed E-state index contributed by atoms with van der Waals surface area (Å²) in [5.41, 5.74) is 1.13. The van der Waals surface area contributed by atoms with Crippen molar-refractivity contribution in [3.05, 3.63) is 17.5 Å². The van der Waals surface area contributed by atoms with Gasteiger partial charge in [0, 0.05) is 19.3 Å². The predicted molar refractivity (Wildman–Crippen MR) is 73.6 cm³/mol. The molecule has 0 unspecified atom stereocenters. The molecule has 0 atom stereocenters. The minimum absolute atomic E-state index is 0.180. The summed E-state index contributed by atoms with van der Waals surface area (Å²) in [5, 5.41) is 8.97. The van der Waals surface area contributed by atoms with E-state index >= 15 is 0 Å². The van der Waals surface area contributed by atoms with E-state index in [1.165, 1.54) is 12.6 Å². The summed E-state index contributed by atoms with van der Waals surface area (Å²) < 4.78 is 0. The molecule has 1 aromatic rings. The van der Waals surface area contributed by atoms with Crippen LogP contribution in [0.4, 0.5) is 5.95 Å². The van der Waals surface area contributed by atoms with Crippen molar-refractivity contribution in [2.45, 2.75) is 40.0 Å². The van der Waals surface area contributed by atoms with Gasteiger partial charge in [-0.1, -0.05) is 20.3 Å². The Bertz CT molecular complexity index is 480. The Morgan fingerprint density at radius 3 is 2.58 bits per heavy atom. The lowest BCUT2D eigenvalue weighted by Crippen LogP contribution is -2.39. The van der Waals surface area contributed by atoms with Crippen LogP contribution >= 0.6 is 0 Å². The molecule has 1 saturated heterocycles. The van der Waals surface area contributed by atoms with Gasteiger partial charge in [0.1, 0.15) is 0 Å². The number of hydrogen-bond acceptors (Lipinski definition) is 4. The van der Waals surface area contributed by atoms with Crippen LogP contribution in [0.15, 0.2) is 6.20 Å². The van der Waals surface area contributed by atoms with Gasteiger partial charge in [0.25, 0.3) is 0 Å². The van der Waals surface area contributed by atoms with Gasteiger partial charge < -0.3 is 10.0 Å². The lowest BCUT2D eigenvalue weighted by Gasteiger charge is -2.38. The minimum atomic E-state index is -0.971.